The van der Waals surface area contributed by atoms with Crippen molar-refractivity contribution in [3.8, 4) is 0 Å². The van der Waals surface area contributed by atoms with Crippen LogP contribution in [-0.2, 0) is 7.80 Å². The van der Waals surface area contributed by atoms with Gasteiger partial charge in [0.15, 0.2) is 23.0 Å². The Balaban J connectivity index is 3.76. The van der Waals surface area contributed by atoms with Gasteiger partial charge in [0.2, 0.25) is 0 Å². The summed E-state index contributed by atoms with van der Waals surface area (Å²) in [5.41, 5.74) is 0. The van der Waals surface area contributed by atoms with Crippen LogP contribution >= 0.6 is 23.0 Å². The standard InChI is InChI=1S/C4H5F2IO3/c1-2-4(5,6)9-3(8)10-7/h2H2,1H3. The highest BCUT2D eigenvalue weighted by atomic mass is 127. The smallest absolute Gasteiger partial charge is 0.367 e. The molecule has 3 nitrogen and oxygen atoms in total. The summed E-state index contributed by atoms with van der Waals surface area (Å²) in [7, 11) is 0. The second-order valence-corrected chi connectivity index (χ2v) is 1.86. The van der Waals surface area contributed by atoms with Crippen LogP contribution in [0, 0.1) is 0 Å². The first kappa shape index (κ1) is 9.86. The zero-order valence-corrected chi connectivity index (χ0v) is 7.22. The molecule has 0 amide bonds. The van der Waals surface area contributed by atoms with Gasteiger partial charge in [0.05, 0.1) is 0 Å². The van der Waals surface area contributed by atoms with E-state index in [4.69, 9.17) is 0 Å². The average Bonchev–Trinajstić information content (AvgIpc) is 1.87. The van der Waals surface area contributed by atoms with Crippen LogP contribution in [0.25, 0.3) is 0 Å². The van der Waals surface area contributed by atoms with Crippen molar-refractivity contribution in [1.82, 2.24) is 0 Å². The molecule has 60 valence electrons. The van der Waals surface area contributed by atoms with Crippen LogP contribution in [0.4, 0.5) is 13.6 Å². The van der Waals surface area contributed by atoms with Crippen LogP contribution in [0.5, 0.6) is 0 Å². The van der Waals surface area contributed by atoms with Gasteiger partial charge < -0.3 is 7.80 Å². The van der Waals surface area contributed by atoms with Gasteiger partial charge in [-0.05, 0) is 0 Å². The Bertz CT molecular complexity index is 128. The Labute approximate surface area is 70.4 Å². The average molecular weight is 266 g/mol. The minimum absolute atomic E-state index is 0.557. The van der Waals surface area contributed by atoms with E-state index in [2.05, 4.69) is 7.80 Å². The lowest BCUT2D eigenvalue weighted by Crippen LogP contribution is -2.22. The molecule has 0 radical (unpaired) electrons. The topological polar surface area (TPSA) is 35.5 Å². The van der Waals surface area contributed by atoms with Crippen molar-refractivity contribution >= 4 is 29.2 Å². The monoisotopic (exact) mass is 266 g/mol. The molecule has 0 spiro atoms. The maximum atomic E-state index is 12.1. The molecule has 0 aromatic heterocycles. The maximum Gasteiger partial charge on any atom is 0.522 e. The second kappa shape index (κ2) is 3.89. The van der Waals surface area contributed by atoms with Crippen molar-refractivity contribution in [1.29, 1.82) is 0 Å². The molecule has 0 aromatic carbocycles. The van der Waals surface area contributed by atoms with Gasteiger partial charge in [0.25, 0.3) is 0 Å². The predicted molar refractivity (Wildman–Crippen MR) is 36.8 cm³/mol. The summed E-state index contributed by atoms with van der Waals surface area (Å²) in [4.78, 5) is 10.1. The molecule has 0 unspecified atom stereocenters. The molecule has 0 saturated carbocycles. The summed E-state index contributed by atoms with van der Waals surface area (Å²) in [6.45, 7) is 1.19. The van der Waals surface area contributed by atoms with E-state index in [1.807, 2.05) is 0 Å². The van der Waals surface area contributed by atoms with Crippen LogP contribution in [0.3, 0.4) is 0 Å². The van der Waals surface area contributed by atoms with Gasteiger partial charge in [0, 0.05) is 6.42 Å². The first-order valence-corrected chi connectivity index (χ1v) is 3.29. The van der Waals surface area contributed by atoms with E-state index in [0.717, 1.165) is 23.0 Å². The molecule has 0 aromatic rings. The van der Waals surface area contributed by atoms with Crippen LogP contribution < -0.4 is 0 Å². The fourth-order valence-electron chi connectivity index (χ4n) is 0.210. The van der Waals surface area contributed by atoms with Gasteiger partial charge in [0.1, 0.15) is 0 Å². The molecule has 0 aliphatic heterocycles. The largest absolute Gasteiger partial charge is 0.522 e. The van der Waals surface area contributed by atoms with Gasteiger partial charge in [-0.3, -0.25) is 0 Å². The van der Waals surface area contributed by atoms with Crippen LogP contribution in [0.2, 0.25) is 0 Å². The van der Waals surface area contributed by atoms with Crippen molar-refractivity contribution in [3.05, 3.63) is 0 Å². The normalized spacial score (nSPS) is 10.8. The summed E-state index contributed by atoms with van der Waals surface area (Å²) in [6.07, 6.45) is -5.35. The first-order valence-electron chi connectivity index (χ1n) is 2.41. The van der Waals surface area contributed by atoms with Gasteiger partial charge in [-0.2, -0.15) is 8.78 Å². The first-order chi connectivity index (χ1) is 4.52. The molecule has 0 rings (SSSR count). The van der Waals surface area contributed by atoms with Crippen molar-refractivity contribution < 1.29 is 21.4 Å². The quantitative estimate of drug-likeness (QED) is 0.569. The fourth-order valence-corrected chi connectivity index (χ4v) is 0.300. The lowest BCUT2D eigenvalue weighted by atomic mass is 10.5. The van der Waals surface area contributed by atoms with Crippen molar-refractivity contribution in [3.63, 3.8) is 0 Å². The summed E-state index contributed by atoms with van der Waals surface area (Å²) in [5, 5.41) is 0. The van der Waals surface area contributed by atoms with Crippen molar-refractivity contribution in [2.75, 3.05) is 0 Å². The van der Waals surface area contributed by atoms with Gasteiger partial charge in [-0.25, -0.2) is 4.79 Å². The lowest BCUT2D eigenvalue weighted by molar-refractivity contribution is -0.205. The molecular weight excluding hydrogens is 261 g/mol. The lowest BCUT2D eigenvalue weighted by Gasteiger charge is -2.11. The van der Waals surface area contributed by atoms with Gasteiger partial charge >= 0.3 is 12.3 Å². The molecule has 0 N–H and O–H groups in total. The number of carbonyl (C=O) groups excluding carboxylic acids is 1. The SMILES string of the molecule is CCC(F)(F)OC(=O)OI. The number of halogens is 3. The third-order valence-corrected chi connectivity index (χ3v) is 1.07. The zero-order chi connectivity index (χ0) is 8.20. The highest BCUT2D eigenvalue weighted by molar-refractivity contribution is 14.1. The number of hydrogen-bond donors (Lipinski definition) is 0. The maximum absolute atomic E-state index is 12.1. The minimum atomic E-state index is -3.41. The molecule has 10 heavy (non-hydrogen) atoms. The zero-order valence-electron chi connectivity index (χ0n) is 5.07. The Morgan fingerprint density at radius 3 is 2.50 bits per heavy atom. The minimum Gasteiger partial charge on any atom is -0.367 e. The molecule has 0 aliphatic rings. The van der Waals surface area contributed by atoms with E-state index in [-0.39, 0.29) is 0 Å². The number of alkyl halides is 2. The van der Waals surface area contributed by atoms with Crippen LogP contribution in [0.15, 0.2) is 0 Å². The Hall–Kier alpha value is -0.140. The van der Waals surface area contributed by atoms with Crippen LogP contribution in [0.1, 0.15) is 13.3 Å². The Morgan fingerprint density at radius 1 is 1.70 bits per heavy atom. The van der Waals surface area contributed by atoms with E-state index in [1.165, 1.54) is 6.92 Å². The number of hydrogen-bond acceptors (Lipinski definition) is 3. The molecule has 6 heteroatoms. The number of ether oxygens (including phenoxy) is 1. The summed E-state index contributed by atoms with van der Waals surface area (Å²) in [5.74, 6) is 0. The number of carbonyl (C=O) groups is 1. The highest BCUT2D eigenvalue weighted by Gasteiger charge is 2.31. The van der Waals surface area contributed by atoms with Crippen LogP contribution in [-0.4, -0.2) is 12.3 Å². The van der Waals surface area contributed by atoms with Crippen molar-refractivity contribution in [2.45, 2.75) is 19.5 Å². The Kier molecular flexibility index (Phi) is 3.84. The predicted octanol–water partition coefficient (Wildman–Crippen LogP) is 2.49. The third-order valence-electron chi connectivity index (χ3n) is 0.707. The van der Waals surface area contributed by atoms with E-state index < -0.39 is 18.7 Å². The second-order valence-electron chi connectivity index (χ2n) is 1.42. The summed E-state index contributed by atoms with van der Waals surface area (Å²) in [6, 6.07) is 0. The molecule has 0 aliphatic carbocycles. The molecule has 0 fully saturated rings. The van der Waals surface area contributed by atoms with E-state index in [0.29, 0.717) is 0 Å². The van der Waals surface area contributed by atoms with Gasteiger partial charge in [-0.1, -0.05) is 6.92 Å². The van der Waals surface area contributed by atoms with Crippen molar-refractivity contribution in [2.24, 2.45) is 0 Å². The van der Waals surface area contributed by atoms with E-state index in [1.54, 1.807) is 0 Å². The van der Waals surface area contributed by atoms with E-state index >= 15 is 0 Å². The molecule has 0 heterocycles. The fraction of sp³-hybridized carbons (Fsp3) is 0.750. The molecular formula is C4H5F2IO3. The summed E-state index contributed by atoms with van der Waals surface area (Å²) >= 11 is 1.16. The van der Waals surface area contributed by atoms with E-state index in [9.17, 15) is 13.6 Å². The molecule has 0 atom stereocenters. The van der Waals surface area contributed by atoms with Gasteiger partial charge in [-0.15, -0.1) is 0 Å². The highest BCUT2D eigenvalue weighted by Crippen LogP contribution is 2.20. The summed E-state index contributed by atoms with van der Waals surface area (Å²) < 4.78 is 31.5. The molecule has 0 bridgehead atoms. The molecule has 0 saturated heterocycles. The number of rotatable bonds is 2. The third kappa shape index (κ3) is 3.80. The Morgan fingerprint density at radius 2 is 2.20 bits per heavy atom.